The predicted octanol–water partition coefficient (Wildman–Crippen LogP) is 2.35. The van der Waals surface area contributed by atoms with Crippen LogP contribution < -0.4 is 4.72 Å². The van der Waals surface area contributed by atoms with E-state index in [-0.39, 0.29) is 10.5 Å². The molecule has 0 aliphatic carbocycles. The van der Waals surface area contributed by atoms with Crippen LogP contribution in [0, 0.1) is 5.82 Å². The normalized spacial score (nSPS) is 14.4. The van der Waals surface area contributed by atoms with E-state index in [2.05, 4.69) is 4.72 Å². The summed E-state index contributed by atoms with van der Waals surface area (Å²) in [4.78, 5) is -0.0850. The third kappa shape index (κ3) is 4.26. The van der Waals surface area contributed by atoms with Crippen LogP contribution in [0.25, 0.3) is 0 Å². The number of benzene rings is 1. The minimum Gasteiger partial charge on any atom is -0.388 e. The zero-order valence-electron chi connectivity index (χ0n) is 11.6. The van der Waals surface area contributed by atoms with E-state index in [1.807, 2.05) is 0 Å². The number of sulfonamides is 1. The van der Waals surface area contributed by atoms with Crippen molar-refractivity contribution in [3.8, 4) is 0 Å². The third-order valence-corrected chi connectivity index (χ3v) is 4.28. The van der Waals surface area contributed by atoms with Crippen molar-refractivity contribution in [2.75, 3.05) is 0 Å². The van der Waals surface area contributed by atoms with E-state index >= 15 is 0 Å². The number of hydrogen-bond donors (Lipinski definition) is 2. The molecule has 4 nitrogen and oxygen atoms in total. The van der Waals surface area contributed by atoms with Gasteiger partial charge in [0, 0.05) is 11.1 Å². The van der Waals surface area contributed by atoms with Gasteiger partial charge in [-0.1, -0.05) is 6.92 Å². The second kappa shape index (κ2) is 5.56. The summed E-state index contributed by atoms with van der Waals surface area (Å²) in [6.07, 6.45) is -0.705. The first-order chi connectivity index (χ1) is 8.57. The summed E-state index contributed by atoms with van der Waals surface area (Å²) in [5.41, 5.74) is -0.568. The fourth-order valence-electron chi connectivity index (χ4n) is 1.70. The predicted molar refractivity (Wildman–Crippen MR) is 71.7 cm³/mol. The monoisotopic (exact) mass is 289 g/mol. The van der Waals surface area contributed by atoms with E-state index < -0.39 is 27.5 Å². The van der Waals surface area contributed by atoms with Crippen molar-refractivity contribution in [1.82, 2.24) is 4.72 Å². The van der Waals surface area contributed by atoms with Gasteiger partial charge >= 0.3 is 0 Å². The molecule has 19 heavy (non-hydrogen) atoms. The molecule has 0 saturated heterocycles. The topological polar surface area (TPSA) is 66.4 Å². The van der Waals surface area contributed by atoms with Crippen molar-refractivity contribution in [3.05, 3.63) is 29.6 Å². The van der Waals surface area contributed by atoms with Gasteiger partial charge in [0.1, 0.15) is 5.82 Å². The van der Waals surface area contributed by atoms with Crippen LogP contribution in [0.15, 0.2) is 23.1 Å². The van der Waals surface area contributed by atoms with Crippen molar-refractivity contribution < 1.29 is 17.9 Å². The molecule has 108 valence electrons. The zero-order chi connectivity index (χ0) is 14.8. The summed E-state index contributed by atoms with van der Waals surface area (Å²) in [6.45, 7) is 6.83. The fraction of sp³-hybridized carbons (Fsp3) is 0.538. The molecule has 0 aromatic heterocycles. The van der Waals surface area contributed by atoms with Crippen LogP contribution in [0.1, 0.15) is 45.8 Å². The SMILES string of the molecule is CCC(O)c1cc(F)ccc1S(=O)(=O)NC(C)(C)C. The molecule has 1 atom stereocenters. The minimum atomic E-state index is -3.80. The smallest absolute Gasteiger partial charge is 0.241 e. The van der Waals surface area contributed by atoms with Crippen molar-refractivity contribution in [1.29, 1.82) is 0 Å². The molecule has 0 spiro atoms. The first kappa shape index (κ1) is 16.1. The van der Waals surface area contributed by atoms with E-state index in [4.69, 9.17) is 0 Å². The fourth-order valence-corrected chi connectivity index (χ4v) is 3.37. The number of aliphatic hydroxyl groups excluding tert-OH is 1. The van der Waals surface area contributed by atoms with Crippen LogP contribution in [0.5, 0.6) is 0 Å². The van der Waals surface area contributed by atoms with Gasteiger partial charge in [-0.15, -0.1) is 0 Å². The van der Waals surface area contributed by atoms with Gasteiger partial charge in [0.05, 0.1) is 11.0 Å². The van der Waals surface area contributed by atoms with Crippen molar-refractivity contribution in [3.63, 3.8) is 0 Å². The Kier molecular flexibility index (Phi) is 4.71. The largest absolute Gasteiger partial charge is 0.388 e. The van der Waals surface area contributed by atoms with Crippen LogP contribution in [-0.4, -0.2) is 19.1 Å². The van der Waals surface area contributed by atoms with Crippen LogP contribution in [0.4, 0.5) is 4.39 Å². The van der Waals surface area contributed by atoms with E-state index in [0.717, 1.165) is 12.1 Å². The van der Waals surface area contributed by atoms with Crippen molar-refractivity contribution >= 4 is 10.0 Å². The second-order valence-electron chi connectivity index (χ2n) is 5.46. The highest BCUT2D eigenvalue weighted by Gasteiger charge is 2.26. The molecule has 6 heteroatoms. The Morgan fingerprint density at radius 1 is 1.37 bits per heavy atom. The van der Waals surface area contributed by atoms with Gasteiger partial charge < -0.3 is 5.11 Å². The molecule has 0 bridgehead atoms. The molecule has 0 heterocycles. The molecule has 0 amide bonds. The minimum absolute atomic E-state index is 0.0826. The quantitative estimate of drug-likeness (QED) is 0.894. The molecule has 0 fully saturated rings. The summed E-state index contributed by atoms with van der Waals surface area (Å²) in [5.74, 6) is -0.572. The molecule has 0 aliphatic rings. The van der Waals surface area contributed by atoms with Gasteiger partial charge in [-0.25, -0.2) is 17.5 Å². The molecule has 1 aromatic rings. The van der Waals surface area contributed by atoms with Gasteiger partial charge in [0.2, 0.25) is 10.0 Å². The molecular formula is C13H20FNO3S. The Labute approximate surface area is 113 Å². The summed E-state index contributed by atoms with van der Waals surface area (Å²) in [7, 11) is -3.80. The van der Waals surface area contributed by atoms with E-state index in [0.29, 0.717) is 6.42 Å². The van der Waals surface area contributed by atoms with Crippen LogP contribution in [0.2, 0.25) is 0 Å². The summed E-state index contributed by atoms with van der Waals surface area (Å²) < 4.78 is 40.2. The lowest BCUT2D eigenvalue weighted by atomic mass is 10.1. The van der Waals surface area contributed by atoms with Crippen molar-refractivity contribution in [2.45, 2.75) is 50.7 Å². The van der Waals surface area contributed by atoms with E-state index in [1.165, 1.54) is 6.07 Å². The van der Waals surface area contributed by atoms with Gasteiger partial charge in [0.25, 0.3) is 0 Å². The van der Waals surface area contributed by atoms with Gasteiger partial charge in [-0.2, -0.15) is 0 Å². The van der Waals surface area contributed by atoms with Crippen LogP contribution in [-0.2, 0) is 10.0 Å². The molecule has 1 aromatic carbocycles. The number of nitrogens with one attached hydrogen (secondary N) is 1. The number of aliphatic hydroxyl groups is 1. The Morgan fingerprint density at radius 2 is 1.95 bits per heavy atom. The zero-order valence-corrected chi connectivity index (χ0v) is 12.4. The molecule has 1 rings (SSSR count). The highest BCUT2D eigenvalue weighted by atomic mass is 32.2. The molecule has 0 radical (unpaired) electrons. The molecular weight excluding hydrogens is 269 g/mol. The Bertz CT molecular complexity index is 549. The van der Waals surface area contributed by atoms with Gasteiger partial charge in [0.15, 0.2) is 0 Å². The Morgan fingerprint density at radius 3 is 2.42 bits per heavy atom. The second-order valence-corrected chi connectivity index (χ2v) is 7.11. The maximum absolute atomic E-state index is 13.2. The third-order valence-electron chi connectivity index (χ3n) is 2.45. The molecule has 0 aliphatic heterocycles. The van der Waals surface area contributed by atoms with E-state index in [1.54, 1.807) is 27.7 Å². The lowest BCUT2D eigenvalue weighted by Crippen LogP contribution is -2.40. The summed E-state index contributed by atoms with van der Waals surface area (Å²) in [5, 5.41) is 9.84. The average Bonchev–Trinajstić information content (AvgIpc) is 2.24. The molecule has 1 unspecified atom stereocenters. The lowest BCUT2D eigenvalue weighted by molar-refractivity contribution is 0.170. The van der Waals surface area contributed by atoms with Gasteiger partial charge in [-0.3, -0.25) is 0 Å². The standard InChI is InChI=1S/C13H20FNO3S/c1-5-11(16)10-8-9(14)6-7-12(10)19(17,18)15-13(2,3)4/h6-8,11,15-16H,5H2,1-4H3. The number of halogens is 1. The van der Waals surface area contributed by atoms with Crippen LogP contribution >= 0.6 is 0 Å². The van der Waals surface area contributed by atoms with Gasteiger partial charge in [-0.05, 0) is 45.4 Å². The maximum atomic E-state index is 13.2. The summed E-state index contributed by atoms with van der Waals surface area (Å²) in [6, 6.07) is 3.31. The average molecular weight is 289 g/mol. The highest BCUT2D eigenvalue weighted by molar-refractivity contribution is 7.89. The first-order valence-electron chi connectivity index (χ1n) is 6.08. The Hall–Kier alpha value is -0.980. The maximum Gasteiger partial charge on any atom is 0.241 e. The highest BCUT2D eigenvalue weighted by Crippen LogP contribution is 2.26. The molecule has 2 N–H and O–H groups in total. The molecule has 0 saturated carbocycles. The Balaban J connectivity index is 3.34. The number of rotatable bonds is 4. The first-order valence-corrected chi connectivity index (χ1v) is 7.56. The van der Waals surface area contributed by atoms with Crippen molar-refractivity contribution in [2.24, 2.45) is 0 Å². The lowest BCUT2D eigenvalue weighted by Gasteiger charge is -2.22. The summed E-state index contributed by atoms with van der Waals surface area (Å²) >= 11 is 0. The number of hydrogen-bond acceptors (Lipinski definition) is 3. The van der Waals surface area contributed by atoms with E-state index in [9.17, 15) is 17.9 Å². The van der Waals surface area contributed by atoms with Crippen LogP contribution in [0.3, 0.4) is 0 Å².